The maximum Gasteiger partial charge on any atom is 0.231 e. The number of hydrogen-bond acceptors (Lipinski definition) is 3. The summed E-state index contributed by atoms with van der Waals surface area (Å²) >= 11 is 1.79. The van der Waals surface area contributed by atoms with E-state index in [9.17, 15) is 4.79 Å². The Bertz CT molecular complexity index is 727. The van der Waals surface area contributed by atoms with Gasteiger partial charge in [0.1, 0.15) is 0 Å². The Morgan fingerprint density at radius 3 is 2.96 bits per heavy atom. The molecule has 0 unspecified atom stereocenters. The maximum absolute atomic E-state index is 13.2. The fourth-order valence-corrected chi connectivity index (χ4v) is 4.72. The first-order valence-electron chi connectivity index (χ1n) is 7.97. The molecule has 23 heavy (non-hydrogen) atoms. The molecule has 0 N–H and O–H groups in total. The summed E-state index contributed by atoms with van der Waals surface area (Å²) in [6.45, 7) is 1.86. The van der Waals surface area contributed by atoms with Crippen molar-refractivity contribution in [3.8, 4) is 0 Å². The predicted molar refractivity (Wildman–Crippen MR) is 90.6 cm³/mol. The van der Waals surface area contributed by atoms with E-state index in [0.717, 1.165) is 11.4 Å². The maximum atomic E-state index is 13.2. The molecule has 1 fully saturated rings. The summed E-state index contributed by atoms with van der Waals surface area (Å²) in [4.78, 5) is 16.5. The zero-order chi connectivity index (χ0) is 15.8. The molecule has 0 spiro atoms. The van der Waals surface area contributed by atoms with Crippen molar-refractivity contribution in [2.24, 2.45) is 7.05 Å². The van der Waals surface area contributed by atoms with Gasteiger partial charge in [0.25, 0.3) is 0 Å². The van der Waals surface area contributed by atoms with E-state index in [0.29, 0.717) is 19.8 Å². The van der Waals surface area contributed by atoms with Gasteiger partial charge in [-0.15, -0.1) is 11.8 Å². The summed E-state index contributed by atoms with van der Waals surface area (Å²) in [5.41, 5.74) is 2.32. The van der Waals surface area contributed by atoms with Gasteiger partial charge in [-0.3, -0.25) is 4.79 Å². The lowest BCUT2D eigenvalue weighted by atomic mass is 9.98. The third-order valence-corrected chi connectivity index (χ3v) is 5.92. The summed E-state index contributed by atoms with van der Waals surface area (Å²) in [6.07, 6.45) is 2.02. The van der Waals surface area contributed by atoms with E-state index in [-0.39, 0.29) is 17.9 Å². The molecule has 2 atom stereocenters. The molecule has 4 nitrogen and oxygen atoms in total. The number of morpholine rings is 1. The molecule has 120 valence electrons. The number of aromatic nitrogens is 1. The highest BCUT2D eigenvalue weighted by Crippen LogP contribution is 2.41. The summed E-state index contributed by atoms with van der Waals surface area (Å²) < 4.78 is 7.74. The number of nitrogens with zero attached hydrogens (tertiary/aromatic N) is 2. The number of aryl methyl sites for hydroxylation is 1. The Morgan fingerprint density at radius 1 is 1.26 bits per heavy atom. The van der Waals surface area contributed by atoms with E-state index in [1.54, 1.807) is 11.8 Å². The molecule has 2 aliphatic rings. The Morgan fingerprint density at radius 2 is 2.13 bits per heavy atom. The van der Waals surface area contributed by atoms with E-state index in [4.69, 9.17) is 4.74 Å². The van der Waals surface area contributed by atoms with Gasteiger partial charge in [0.05, 0.1) is 25.2 Å². The van der Waals surface area contributed by atoms with Crippen LogP contribution in [0.2, 0.25) is 0 Å². The van der Waals surface area contributed by atoms with Crippen molar-refractivity contribution in [3.63, 3.8) is 0 Å². The monoisotopic (exact) mass is 328 g/mol. The van der Waals surface area contributed by atoms with Crippen LogP contribution < -0.4 is 0 Å². The normalized spacial score (nSPS) is 23.8. The van der Waals surface area contributed by atoms with Gasteiger partial charge in [0, 0.05) is 36.1 Å². The first kappa shape index (κ1) is 14.8. The van der Waals surface area contributed by atoms with Crippen LogP contribution in [0, 0.1) is 0 Å². The third-order valence-electron chi connectivity index (χ3n) is 4.73. The lowest BCUT2D eigenvalue weighted by Crippen LogP contribution is -2.46. The van der Waals surface area contributed by atoms with Crippen LogP contribution in [0.15, 0.2) is 47.5 Å². The number of benzene rings is 1. The van der Waals surface area contributed by atoms with E-state index in [2.05, 4.69) is 22.8 Å². The number of carbonyl (C=O) groups is 1. The smallest absolute Gasteiger partial charge is 0.231 e. The van der Waals surface area contributed by atoms with Gasteiger partial charge in [-0.1, -0.05) is 18.2 Å². The molecule has 0 saturated carbocycles. The van der Waals surface area contributed by atoms with Crippen LogP contribution in [-0.4, -0.2) is 40.9 Å². The zero-order valence-electron chi connectivity index (χ0n) is 13.1. The van der Waals surface area contributed by atoms with Gasteiger partial charge in [-0.25, -0.2) is 0 Å². The molecule has 0 bridgehead atoms. The molecule has 1 amide bonds. The van der Waals surface area contributed by atoms with Crippen molar-refractivity contribution < 1.29 is 9.53 Å². The van der Waals surface area contributed by atoms with Crippen LogP contribution in [0.5, 0.6) is 0 Å². The van der Waals surface area contributed by atoms with Crippen LogP contribution in [0.25, 0.3) is 0 Å². The second kappa shape index (κ2) is 6.06. The lowest BCUT2D eigenvalue weighted by molar-refractivity contribution is -0.141. The highest BCUT2D eigenvalue weighted by Gasteiger charge is 2.37. The molecular weight excluding hydrogens is 308 g/mol. The Labute approximate surface area is 140 Å². The van der Waals surface area contributed by atoms with Crippen LogP contribution in [0.4, 0.5) is 0 Å². The van der Waals surface area contributed by atoms with Crippen molar-refractivity contribution in [1.29, 1.82) is 0 Å². The summed E-state index contributed by atoms with van der Waals surface area (Å²) in [7, 11) is 2.02. The highest BCUT2D eigenvalue weighted by atomic mass is 32.2. The summed E-state index contributed by atoms with van der Waals surface area (Å²) in [5.74, 6) is 1.05. The van der Waals surface area contributed by atoms with Crippen molar-refractivity contribution >= 4 is 17.7 Å². The van der Waals surface area contributed by atoms with Gasteiger partial charge in [0.2, 0.25) is 5.91 Å². The van der Waals surface area contributed by atoms with E-state index in [1.165, 1.54) is 10.5 Å². The van der Waals surface area contributed by atoms with Gasteiger partial charge in [-0.2, -0.15) is 0 Å². The molecule has 0 aliphatic carbocycles. The number of amides is 1. The minimum Gasteiger partial charge on any atom is -0.377 e. The largest absolute Gasteiger partial charge is 0.377 e. The van der Waals surface area contributed by atoms with Crippen molar-refractivity contribution in [2.45, 2.75) is 16.9 Å². The second-order valence-electron chi connectivity index (χ2n) is 6.07. The van der Waals surface area contributed by atoms with E-state index in [1.807, 2.05) is 36.3 Å². The molecule has 2 aliphatic heterocycles. The Hall–Kier alpha value is -1.72. The molecule has 5 heteroatoms. The third kappa shape index (κ3) is 2.58. The number of rotatable bonds is 2. The average molecular weight is 328 g/mol. The molecule has 0 radical (unpaired) electrons. The number of carbonyl (C=O) groups excluding carboxylic acids is 1. The van der Waals surface area contributed by atoms with Gasteiger partial charge in [0.15, 0.2) is 0 Å². The van der Waals surface area contributed by atoms with Crippen molar-refractivity contribution in [1.82, 2.24) is 9.47 Å². The standard InChI is InChI=1S/C18H20N2O2S/c1-19-8-4-6-15(19)16-11-22-10-9-20(16)18(21)14-12-23-17-7-3-2-5-13(14)17/h2-8,14,16H,9-12H2,1H3/t14-,16-/m0/s1. The SMILES string of the molecule is Cn1cccc1[C@@H]1COCCN1C(=O)[C@H]1CSc2ccccc21. The molecule has 4 rings (SSSR count). The number of ether oxygens (including phenoxy) is 1. The quantitative estimate of drug-likeness (QED) is 0.850. The van der Waals surface area contributed by atoms with Crippen LogP contribution in [-0.2, 0) is 16.6 Å². The van der Waals surface area contributed by atoms with Crippen molar-refractivity contribution in [2.75, 3.05) is 25.5 Å². The molecule has 1 aromatic heterocycles. The lowest BCUT2D eigenvalue weighted by Gasteiger charge is -2.37. The topological polar surface area (TPSA) is 34.5 Å². The van der Waals surface area contributed by atoms with Crippen LogP contribution in [0.1, 0.15) is 23.2 Å². The second-order valence-corrected chi connectivity index (χ2v) is 7.13. The average Bonchev–Trinajstić information content (AvgIpc) is 3.20. The molecule has 3 heterocycles. The fourth-order valence-electron chi connectivity index (χ4n) is 3.50. The zero-order valence-corrected chi connectivity index (χ0v) is 14.0. The molecule has 1 saturated heterocycles. The predicted octanol–water partition coefficient (Wildman–Crippen LogP) is 2.81. The Balaban J connectivity index is 1.63. The number of fused-ring (bicyclic) bond motifs is 1. The van der Waals surface area contributed by atoms with Crippen LogP contribution >= 0.6 is 11.8 Å². The fraction of sp³-hybridized carbons (Fsp3) is 0.389. The van der Waals surface area contributed by atoms with E-state index < -0.39 is 0 Å². The number of hydrogen-bond donors (Lipinski definition) is 0. The Kier molecular flexibility index (Phi) is 3.91. The van der Waals surface area contributed by atoms with E-state index >= 15 is 0 Å². The molecule has 1 aromatic carbocycles. The summed E-state index contributed by atoms with van der Waals surface area (Å²) in [6, 6.07) is 12.4. The van der Waals surface area contributed by atoms with Crippen molar-refractivity contribution in [3.05, 3.63) is 53.9 Å². The highest BCUT2D eigenvalue weighted by molar-refractivity contribution is 7.99. The summed E-state index contributed by atoms with van der Waals surface area (Å²) in [5, 5.41) is 0. The number of thioether (sulfide) groups is 1. The van der Waals surface area contributed by atoms with Gasteiger partial charge < -0.3 is 14.2 Å². The minimum absolute atomic E-state index is 0.00834. The van der Waals surface area contributed by atoms with Crippen LogP contribution in [0.3, 0.4) is 0 Å². The van der Waals surface area contributed by atoms with Gasteiger partial charge in [-0.05, 0) is 23.8 Å². The molecular formula is C18H20N2O2S. The molecule has 2 aromatic rings. The van der Waals surface area contributed by atoms with Gasteiger partial charge >= 0.3 is 0 Å². The first-order chi connectivity index (χ1) is 11.3. The first-order valence-corrected chi connectivity index (χ1v) is 8.95. The minimum atomic E-state index is -0.0305.